The maximum atomic E-state index is 6.01. The van der Waals surface area contributed by atoms with Crippen molar-refractivity contribution in [1.82, 2.24) is 4.98 Å². The Labute approximate surface area is 131 Å². The molecule has 3 heteroatoms. The summed E-state index contributed by atoms with van der Waals surface area (Å²) in [6.45, 7) is 1.54. The van der Waals surface area contributed by atoms with Gasteiger partial charge in [-0.3, -0.25) is 0 Å². The van der Waals surface area contributed by atoms with Crippen molar-refractivity contribution in [2.45, 2.75) is 25.4 Å². The third-order valence-corrected chi connectivity index (χ3v) is 5.24. The molecule has 0 radical (unpaired) electrons. The summed E-state index contributed by atoms with van der Waals surface area (Å²) in [7, 11) is 1.67. The van der Waals surface area contributed by atoms with E-state index in [-0.39, 0.29) is 0 Å². The lowest BCUT2D eigenvalue weighted by atomic mass is 9.37. The highest BCUT2D eigenvalue weighted by atomic mass is 16.5. The first-order valence-corrected chi connectivity index (χ1v) is 7.93. The summed E-state index contributed by atoms with van der Waals surface area (Å²) in [4.78, 5) is 4.63. The number of pyridine rings is 1. The van der Waals surface area contributed by atoms with Crippen LogP contribution < -0.4 is 4.74 Å². The van der Waals surface area contributed by atoms with Gasteiger partial charge in [-0.05, 0) is 30.4 Å². The molecule has 114 valence electrons. The fourth-order valence-electron chi connectivity index (χ4n) is 4.08. The minimum Gasteiger partial charge on any atom is -0.481 e. The second-order valence-corrected chi connectivity index (χ2v) is 6.59. The molecule has 1 aromatic heterocycles. The van der Waals surface area contributed by atoms with Crippen LogP contribution in [0.3, 0.4) is 0 Å². The molecule has 3 fully saturated rings. The van der Waals surface area contributed by atoms with E-state index in [1.54, 1.807) is 7.11 Å². The van der Waals surface area contributed by atoms with Crippen LogP contribution in [-0.4, -0.2) is 18.7 Å². The number of rotatable bonds is 6. The Balaban J connectivity index is 1.40. The number of aromatic nitrogens is 1. The minimum atomic E-state index is 0.318. The number of nitrogens with zero attached hydrogens (tertiary/aromatic N) is 1. The highest BCUT2D eigenvalue weighted by molar-refractivity contribution is 5.31. The Morgan fingerprint density at radius 1 is 1.09 bits per heavy atom. The fraction of sp³-hybridized carbons (Fsp3) is 0.421. The third kappa shape index (κ3) is 2.20. The number of hydrogen-bond acceptors (Lipinski definition) is 3. The van der Waals surface area contributed by atoms with Crippen molar-refractivity contribution in [1.29, 1.82) is 0 Å². The van der Waals surface area contributed by atoms with Crippen LogP contribution in [0.15, 0.2) is 48.5 Å². The molecule has 5 rings (SSSR count). The van der Waals surface area contributed by atoms with Gasteiger partial charge in [0.25, 0.3) is 0 Å². The molecular weight excluding hydrogens is 274 g/mol. The van der Waals surface area contributed by atoms with Gasteiger partial charge in [-0.25, -0.2) is 4.98 Å². The van der Waals surface area contributed by atoms with Gasteiger partial charge >= 0.3 is 0 Å². The Hall–Kier alpha value is -1.87. The monoisotopic (exact) mass is 295 g/mol. The van der Waals surface area contributed by atoms with E-state index in [0.717, 1.165) is 12.5 Å². The van der Waals surface area contributed by atoms with Gasteiger partial charge < -0.3 is 9.47 Å². The van der Waals surface area contributed by atoms with E-state index >= 15 is 0 Å². The van der Waals surface area contributed by atoms with E-state index in [1.807, 2.05) is 18.2 Å². The predicted molar refractivity (Wildman–Crippen MR) is 84.8 cm³/mol. The zero-order chi connectivity index (χ0) is 15.0. The lowest BCUT2D eigenvalue weighted by Gasteiger charge is -2.68. The largest absolute Gasteiger partial charge is 0.481 e. The minimum absolute atomic E-state index is 0.318. The van der Waals surface area contributed by atoms with Crippen LogP contribution >= 0.6 is 0 Å². The first-order valence-electron chi connectivity index (χ1n) is 7.93. The van der Waals surface area contributed by atoms with Crippen molar-refractivity contribution in [3.8, 4) is 5.88 Å². The molecule has 0 aliphatic heterocycles. The van der Waals surface area contributed by atoms with Crippen molar-refractivity contribution in [2.75, 3.05) is 13.7 Å². The molecule has 3 aliphatic rings. The standard InChI is InChI=1S/C19H21NO2/c1-21-17-9-5-8-16(20-17)18-15-10-19(18,11-15)13-22-12-14-6-3-2-4-7-14/h2-9,15,18H,10-13H2,1H3. The Morgan fingerprint density at radius 3 is 2.59 bits per heavy atom. The van der Waals surface area contributed by atoms with E-state index in [9.17, 15) is 0 Å². The maximum absolute atomic E-state index is 6.01. The molecule has 1 heterocycles. The van der Waals surface area contributed by atoms with Crippen LogP contribution in [-0.2, 0) is 11.3 Å². The van der Waals surface area contributed by atoms with Crippen molar-refractivity contribution in [2.24, 2.45) is 11.3 Å². The predicted octanol–water partition coefficient (Wildman–Crippen LogP) is 3.80. The lowest BCUT2D eigenvalue weighted by Crippen LogP contribution is -2.62. The van der Waals surface area contributed by atoms with Crippen LogP contribution in [0.2, 0.25) is 0 Å². The third-order valence-electron chi connectivity index (χ3n) is 5.24. The Kier molecular flexibility index (Phi) is 3.38. The van der Waals surface area contributed by atoms with Gasteiger partial charge in [-0.2, -0.15) is 0 Å². The normalized spacial score (nSPS) is 28.6. The average Bonchev–Trinajstić information content (AvgIpc) is 2.50. The summed E-state index contributed by atoms with van der Waals surface area (Å²) < 4.78 is 11.3. The van der Waals surface area contributed by atoms with Crippen LogP contribution in [0.25, 0.3) is 0 Å². The molecule has 22 heavy (non-hydrogen) atoms. The molecule has 1 atom stereocenters. The number of methoxy groups -OCH3 is 1. The molecule has 0 amide bonds. The fourth-order valence-corrected chi connectivity index (χ4v) is 4.08. The van der Waals surface area contributed by atoms with Crippen molar-refractivity contribution < 1.29 is 9.47 Å². The second kappa shape index (κ2) is 5.40. The van der Waals surface area contributed by atoms with Crippen molar-refractivity contribution in [3.05, 3.63) is 59.8 Å². The van der Waals surface area contributed by atoms with Gasteiger partial charge in [0.1, 0.15) is 0 Å². The molecule has 2 bridgehead atoms. The molecule has 3 aliphatic carbocycles. The van der Waals surface area contributed by atoms with Crippen LogP contribution in [0.5, 0.6) is 5.88 Å². The molecule has 0 N–H and O–H groups in total. The quantitative estimate of drug-likeness (QED) is 0.812. The molecule has 3 nitrogen and oxygen atoms in total. The molecule has 0 saturated heterocycles. The number of benzene rings is 1. The van der Waals surface area contributed by atoms with Gasteiger partial charge in [0.2, 0.25) is 5.88 Å². The van der Waals surface area contributed by atoms with E-state index in [4.69, 9.17) is 9.47 Å². The van der Waals surface area contributed by atoms with Crippen LogP contribution in [0, 0.1) is 11.3 Å². The number of ether oxygens (including phenoxy) is 2. The summed E-state index contributed by atoms with van der Waals surface area (Å²) in [5.74, 6) is 2.06. The summed E-state index contributed by atoms with van der Waals surface area (Å²) in [5.41, 5.74) is 2.73. The molecule has 3 saturated carbocycles. The van der Waals surface area contributed by atoms with Gasteiger partial charge in [0, 0.05) is 23.1 Å². The highest BCUT2D eigenvalue weighted by Crippen LogP contribution is 2.72. The van der Waals surface area contributed by atoms with Gasteiger partial charge in [-0.15, -0.1) is 0 Å². The van der Waals surface area contributed by atoms with Crippen molar-refractivity contribution >= 4 is 0 Å². The zero-order valence-electron chi connectivity index (χ0n) is 12.9. The molecule has 1 unspecified atom stereocenters. The highest BCUT2D eigenvalue weighted by Gasteiger charge is 2.66. The average molecular weight is 295 g/mol. The van der Waals surface area contributed by atoms with Crippen LogP contribution in [0.4, 0.5) is 0 Å². The molecule has 2 aromatic rings. The number of hydrogen-bond donors (Lipinski definition) is 0. The lowest BCUT2D eigenvalue weighted by molar-refractivity contribution is -0.185. The smallest absolute Gasteiger partial charge is 0.213 e. The molecule has 1 aromatic carbocycles. The first-order chi connectivity index (χ1) is 10.8. The van der Waals surface area contributed by atoms with Gasteiger partial charge in [-0.1, -0.05) is 36.4 Å². The molecular formula is C19H21NO2. The van der Waals surface area contributed by atoms with Crippen molar-refractivity contribution in [3.63, 3.8) is 0 Å². The SMILES string of the molecule is COc1cccc(C2C3CC2(COCc2ccccc2)C3)n1. The van der Waals surface area contributed by atoms with E-state index < -0.39 is 0 Å². The maximum Gasteiger partial charge on any atom is 0.213 e. The van der Waals surface area contributed by atoms with Crippen LogP contribution in [0.1, 0.15) is 30.0 Å². The first kappa shape index (κ1) is 13.8. The summed E-state index contributed by atoms with van der Waals surface area (Å²) >= 11 is 0. The summed E-state index contributed by atoms with van der Waals surface area (Å²) in [5, 5.41) is 0. The second-order valence-electron chi connectivity index (χ2n) is 6.59. The molecule has 0 spiro atoms. The van der Waals surface area contributed by atoms with E-state index in [1.165, 1.54) is 24.1 Å². The topological polar surface area (TPSA) is 31.4 Å². The Bertz CT molecular complexity index is 649. The van der Waals surface area contributed by atoms with E-state index in [0.29, 0.717) is 23.8 Å². The summed E-state index contributed by atoms with van der Waals surface area (Å²) in [6.07, 6.45) is 2.57. The van der Waals surface area contributed by atoms with Gasteiger partial charge in [0.15, 0.2) is 0 Å². The van der Waals surface area contributed by atoms with E-state index in [2.05, 4.69) is 35.3 Å². The summed E-state index contributed by atoms with van der Waals surface area (Å²) in [6, 6.07) is 16.5. The van der Waals surface area contributed by atoms with Gasteiger partial charge in [0.05, 0.1) is 20.3 Å². The zero-order valence-corrected chi connectivity index (χ0v) is 12.9. The Morgan fingerprint density at radius 2 is 1.91 bits per heavy atom.